The maximum absolute atomic E-state index is 13.5. The van der Waals surface area contributed by atoms with Gasteiger partial charge in [-0.2, -0.15) is 0 Å². The molecule has 3 amide bonds. The first-order valence-electron chi connectivity index (χ1n) is 11.4. The fraction of sp³-hybridized carbons (Fsp3) is 0.222. The Morgan fingerprint density at radius 1 is 1.03 bits per heavy atom. The van der Waals surface area contributed by atoms with Gasteiger partial charge >= 0.3 is 6.09 Å². The SMILES string of the molecule is Cc1cc2ccc1CCOC(=O)Nc1cccc(c1)[C@@H](C)NC(=O)[C@@H]2Nc1cccc(C(N)=O)c1. The van der Waals surface area contributed by atoms with E-state index >= 15 is 0 Å². The van der Waals surface area contributed by atoms with E-state index in [-0.39, 0.29) is 18.6 Å². The van der Waals surface area contributed by atoms with Crippen LogP contribution >= 0.6 is 0 Å². The highest BCUT2D eigenvalue weighted by molar-refractivity contribution is 5.94. The molecule has 0 radical (unpaired) electrons. The molecule has 2 aliphatic rings. The monoisotopic (exact) mass is 472 g/mol. The topological polar surface area (TPSA) is 123 Å². The molecule has 0 aromatic heterocycles. The molecule has 5 N–H and O–H groups in total. The van der Waals surface area contributed by atoms with Crippen LogP contribution in [-0.4, -0.2) is 24.5 Å². The quantitative estimate of drug-likeness (QED) is 0.454. The first-order chi connectivity index (χ1) is 16.8. The van der Waals surface area contributed by atoms with E-state index in [0.29, 0.717) is 23.4 Å². The van der Waals surface area contributed by atoms with Crippen molar-refractivity contribution in [3.05, 3.63) is 94.5 Å². The summed E-state index contributed by atoms with van der Waals surface area (Å²) >= 11 is 0. The first-order valence-corrected chi connectivity index (χ1v) is 11.4. The van der Waals surface area contributed by atoms with Crippen molar-refractivity contribution in [3.63, 3.8) is 0 Å². The van der Waals surface area contributed by atoms with Gasteiger partial charge in [0.05, 0.1) is 12.6 Å². The van der Waals surface area contributed by atoms with Crippen LogP contribution in [-0.2, 0) is 16.0 Å². The molecular formula is C27H28N4O4. The molecule has 5 rings (SSSR count). The minimum Gasteiger partial charge on any atom is -0.449 e. The predicted molar refractivity (Wildman–Crippen MR) is 134 cm³/mol. The van der Waals surface area contributed by atoms with Crippen molar-refractivity contribution < 1.29 is 19.1 Å². The molecule has 8 nitrogen and oxygen atoms in total. The van der Waals surface area contributed by atoms with E-state index in [0.717, 1.165) is 22.3 Å². The van der Waals surface area contributed by atoms with E-state index in [4.69, 9.17) is 10.5 Å². The van der Waals surface area contributed by atoms with Gasteiger partial charge in [0.2, 0.25) is 11.8 Å². The van der Waals surface area contributed by atoms with Crippen molar-refractivity contribution in [3.8, 4) is 0 Å². The average Bonchev–Trinajstić information content (AvgIpc) is 2.83. The first kappa shape index (κ1) is 23.8. The fourth-order valence-electron chi connectivity index (χ4n) is 4.08. The molecule has 8 heteroatoms. The molecule has 3 aromatic rings. The summed E-state index contributed by atoms with van der Waals surface area (Å²) in [5.41, 5.74) is 10.5. The van der Waals surface area contributed by atoms with Crippen molar-refractivity contribution in [1.82, 2.24) is 5.32 Å². The standard InChI is InChI=1S/C27H28N4O4/c1-16-13-20-10-9-18(16)11-12-35-27(34)31-23-8-3-5-19(14-23)17(2)29-26(33)24(20)30-22-7-4-6-21(15-22)25(28)32/h3-10,13-15,17,24,30H,11-12H2,1-2H3,(H2,28,32)(H,29,33)(H,31,34)/t17-,24-/m1/s1. The Balaban J connectivity index is 1.71. The van der Waals surface area contributed by atoms with Gasteiger partial charge in [0, 0.05) is 23.4 Å². The molecule has 0 saturated carbocycles. The van der Waals surface area contributed by atoms with Crippen LogP contribution in [0.2, 0.25) is 0 Å². The molecular weight excluding hydrogens is 444 g/mol. The number of amides is 3. The van der Waals surface area contributed by atoms with Crippen LogP contribution in [0.4, 0.5) is 16.2 Å². The third-order valence-electron chi connectivity index (χ3n) is 6.02. The van der Waals surface area contributed by atoms with Gasteiger partial charge in [0.25, 0.3) is 0 Å². The molecule has 4 bridgehead atoms. The van der Waals surface area contributed by atoms with Gasteiger partial charge in [-0.05, 0) is 66.4 Å². The normalized spacial score (nSPS) is 18.2. The number of anilines is 2. The van der Waals surface area contributed by atoms with Crippen LogP contribution < -0.4 is 21.7 Å². The Kier molecular flexibility index (Phi) is 7.01. The van der Waals surface area contributed by atoms with E-state index < -0.39 is 18.0 Å². The minimum absolute atomic E-state index is 0.226. The molecule has 3 aromatic carbocycles. The lowest BCUT2D eigenvalue weighted by atomic mass is 9.97. The lowest BCUT2D eigenvalue weighted by Gasteiger charge is -2.24. The van der Waals surface area contributed by atoms with E-state index in [9.17, 15) is 14.4 Å². The summed E-state index contributed by atoms with van der Waals surface area (Å²) < 4.78 is 5.35. The number of nitrogens with one attached hydrogen (secondary N) is 3. The number of carbonyl (C=O) groups is 3. The second kappa shape index (κ2) is 10.3. The van der Waals surface area contributed by atoms with Gasteiger partial charge in [-0.25, -0.2) is 4.79 Å². The van der Waals surface area contributed by atoms with E-state index in [1.807, 2.05) is 44.2 Å². The number of nitrogens with two attached hydrogens (primary N) is 1. The Bertz CT molecular complexity index is 1270. The second-order valence-electron chi connectivity index (χ2n) is 8.57. The minimum atomic E-state index is -0.722. The molecule has 0 saturated heterocycles. The Morgan fingerprint density at radius 3 is 2.60 bits per heavy atom. The van der Waals surface area contributed by atoms with Crippen LogP contribution in [0.3, 0.4) is 0 Å². The van der Waals surface area contributed by atoms with Gasteiger partial charge in [-0.3, -0.25) is 14.9 Å². The Morgan fingerprint density at radius 2 is 1.83 bits per heavy atom. The number of aryl methyl sites for hydroxylation is 1. The number of carbonyl (C=O) groups excluding carboxylic acids is 3. The molecule has 0 spiro atoms. The number of benzene rings is 3. The average molecular weight is 473 g/mol. The zero-order valence-electron chi connectivity index (χ0n) is 19.6. The molecule has 2 heterocycles. The lowest BCUT2D eigenvalue weighted by molar-refractivity contribution is -0.122. The molecule has 35 heavy (non-hydrogen) atoms. The van der Waals surface area contributed by atoms with Crippen molar-refractivity contribution in [2.45, 2.75) is 32.4 Å². The summed E-state index contributed by atoms with van der Waals surface area (Å²) in [6, 6.07) is 18.7. The van der Waals surface area contributed by atoms with Crippen LogP contribution in [0.1, 0.15) is 51.6 Å². The van der Waals surface area contributed by atoms with E-state index in [1.54, 1.807) is 36.4 Å². The molecule has 2 aliphatic heterocycles. The summed E-state index contributed by atoms with van der Waals surface area (Å²) in [5.74, 6) is -0.780. The van der Waals surface area contributed by atoms with Crippen LogP contribution in [0.5, 0.6) is 0 Å². The highest BCUT2D eigenvalue weighted by Crippen LogP contribution is 2.26. The van der Waals surface area contributed by atoms with E-state index in [2.05, 4.69) is 16.0 Å². The van der Waals surface area contributed by atoms with Crippen molar-refractivity contribution in [2.24, 2.45) is 5.73 Å². The number of hydrogen-bond donors (Lipinski definition) is 4. The maximum atomic E-state index is 13.5. The molecule has 2 atom stereocenters. The number of primary amides is 1. The zero-order chi connectivity index (χ0) is 24.9. The van der Waals surface area contributed by atoms with Crippen LogP contribution in [0.15, 0.2) is 66.7 Å². The highest BCUT2D eigenvalue weighted by atomic mass is 16.5. The Labute approximate surface area is 203 Å². The van der Waals surface area contributed by atoms with Gasteiger partial charge in [-0.15, -0.1) is 0 Å². The molecule has 0 fully saturated rings. The fourth-order valence-corrected chi connectivity index (χ4v) is 4.08. The predicted octanol–water partition coefficient (Wildman–Crippen LogP) is 4.23. The number of fused-ring (bicyclic) bond motifs is 9. The number of rotatable bonds is 3. The number of ether oxygens (including phenoxy) is 1. The summed E-state index contributed by atoms with van der Waals surface area (Å²) in [6.07, 6.45) is 0.0179. The summed E-state index contributed by atoms with van der Waals surface area (Å²) in [4.78, 5) is 37.4. The lowest BCUT2D eigenvalue weighted by Crippen LogP contribution is -2.35. The van der Waals surface area contributed by atoms with Gasteiger partial charge in [-0.1, -0.05) is 36.4 Å². The van der Waals surface area contributed by atoms with Gasteiger partial charge < -0.3 is 21.1 Å². The summed E-state index contributed by atoms with van der Waals surface area (Å²) in [6.45, 7) is 4.06. The van der Waals surface area contributed by atoms with E-state index in [1.165, 1.54) is 0 Å². The molecule has 0 aliphatic carbocycles. The molecule has 180 valence electrons. The second-order valence-corrected chi connectivity index (χ2v) is 8.57. The van der Waals surface area contributed by atoms with Gasteiger partial charge in [0.1, 0.15) is 6.04 Å². The van der Waals surface area contributed by atoms with Crippen molar-refractivity contribution in [2.75, 3.05) is 17.2 Å². The third kappa shape index (κ3) is 5.78. The smallest absolute Gasteiger partial charge is 0.411 e. The van der Waals surface area contributed by atoms with Crippen LogP contribution in [0.25, 0.3) is 0 Å². The number of hydrogen-bond acceptors (Lipinski definition) is 5. The summed E-state index contributed by atoms with van der Waals surface area (Å²) in [5, 5.41) is 9.06. The van der Waals surface area contributed by atoms with Crippen LogP contribution in [0, 0.1) is 6.92 Å². The Hall–Kier alpha value is -4.33. The third-order valence-corrected chi connectivity index (χ3v) is 6.02. The largest absolute Gasteiger partial charge is 0.449 e. The maximum Gasteiger partial charge on any atom is 0.411 e. The zero-order valence-corrected chi connectivity index (χ0v) is 19.6. The van der Waals surface area contributed by atoms with Crippen molar-refractivity contribution in [1.29, 1.82) is 0 Å². The summed E-state index contributed by atoms with van der Waals surface area (Å²) in [7, 11) is 0. The van der Waals surface area contributed by atoms with Gasteiger partial charge in [0.15, 0.2) is 0 Å². The molecule has 0 unspecified atom stereocenters. The van der Waals surface area contributed by atoms with Crippen molar-refractivity contribution >= 4 is 29.3 Å². The highest BCUT2D eigenvalue weighted by Gasteiger charge is 2.24.